The van der Waals surface area contributed by atoms with Gasteiger partial charge in [-0.1, -0.05) is 6.07 Å². The summed E-state index contributed by atoms with van der Waals surface area (Å²) in [5, 5.41) is 0. The van der Waals surface area contributed by atoms with Gasteiger partial charge in [-0.15, -0.1) is 0 Å². The first-order chi connectivity index (χ1) is 12.8. The minimum absolute atomic E-state index is 0.135. The van der Waals surface area contributed by atoms with Gasteiger partial charge in [-0.2, -0.15) is 13.2 Å². The number of alkyl halides is 3. The van der Waals surface area contributed by atoms with E-state index < -0.39 is 31.0 Å². The fraction of sp³-hybridized carbons (Fsp3) is 0.632. The first kappa shape index (κ1) is 22.7. The number of benzene rings is 1. The molecule has 5 nitrogen and oxygen atoms in total. The number of hydrogen-bond acceptors (Lipinski definition) is 5. The molecular weight excluding hydrogens is 374 g/mol. The predicted octanol–water partition coefficient (Wildman–Crippen LogP) is 2.84. The lowest BCUT2D eigenvalue weighted by atomic mass is 9.77. The van der Waals surface area contributed by atoms with Crippen LogP contribution in [0.25, 0.3) is 0 Å². The molecule has 0 aromatic heterocycles. The van der Waals surface area contributed by atoms with Gasteiger partial charge in [0.05, 0.1) is 30.4 Å². The number of halogens is 3. The average Bonchev–Trinajstić information content (AvgIpc) is 2.78. The molecule has 28 heavy (non-hydrogen) atoms. The van der Waals surface area contributed by atoms with Gasteiger partial charge in [0.25, 0.3) is 0 Å². The number of hydrogen-bond donors (Lipinski definition) is 0. The molecule has 0 N–H and O–H groups in total. The van der Waals surface area contributed by atoms with Crippen LogP contribution in [0.1, 0.15) is 43.6 Å². The molecule has 156 valence electrons. The second-order valence-electron chi connectivity index (χ2n) is 8.11. The Kier molecular flexibility index (Phi) is 6.52. The number of aldehydes is 1. The third-order valence-corrected chi connectivity index (χ3v) is 5.33. The van der Waals surface area contributed by atoms with Gasteiger partial charge in [-0.3, -0.25) is 9.69 Å². The molecule has 0 aliphatic carbocycles. The minimum Gasteiger partial charge on any atom is -0.496 e. The van der Waals surface area contributed by atoms with Crippen LogP contribution in [0.15, 0.2) is 12.1 Å². The van der Waals surface area contributed by atoms with Crippen molar-refractivity contribution in [2.45, 2.75) is 51.5 Å². The number of methoxy groups -OCH3 is 1. The molecule has 1 aromatic carbocycles. The molecule has 1 aliphatic rings. The van der Waals surface area contributed by atoms with E-state index >= 15 is 0 Å². The molecule has 0 atom stereocenters. The highest BCUT2D eigenvalue weighted by Crippen LogP contribution is 2.37. The van der Waals surface area contributed by atoms with Crippen molar-refractivity contribution in [2.75, 3.05) is 27.2 Å². The van der Waals surface area contributed by atoms with E-state index in [1.165, 1.54) is 19.1 Å². The molecule has 1 aliphatic heterocycles. The van der Waals surface area contributed by atoms with Gasteiger partial charge >= 0.3 is 13.3 Å². The van der Waals surface area contributed by atoms with Gasteiger partial charge in [0.15, 0.2) is 6.29 Å². The van der Waals surface area contributed by atoms with Gasteiger partial charge in [0, 0.05) is 6.54 Å². The molecule has 0 amide bonds. The molecular formula is C19H27BF3NO4. The van der Waals surface area contributed by atoms with E-state index in [2.05, 4.69) is 0 Å². The van der Waals surface area contributed by atoms with Crippen molar-refractivity contribution in [1.82, 2.24) is 4.90 Å². The molecule has 0 bridgehead atoms. The Balaban J connectivity index is 2.30. The van der Waals surface area contributed by atoms with Crippen molar-refractivity contribution in [2.24, 2.45) is 0 Å². The normalized spacial score (nSPS) is 18.6. The summed E-state index contributed by atoms with van der Waals surface area (Å²) in [5.41, 5.74) is 0.494. The summed E-state index contributed by atoms with van der Waals surface area (Å²) in [7, 11) is 2.17. The van der Waals surface area contributed by atoms with E-state index in [4.69, 9.17) is 14.0 Å². The second-order valence-corrected chi connectivity index (χ2v) is 8.11. The molecule has 2 rings (SSSR count). The third-order valence-electron chi connectivity index (χ3n) is 5.33. The van der Waals surface area contributed by atoms with Crippen LogP contribution in [0.3, 0.4) is 0 Å². The highest BCUT2D eigenvalue weighted by molar-refractivity contribution is 6.62. The van der Waals surface area contributed by atoms with Gasteiger partial charge in [-0.25, -0.2) is 0 Å². The summed E-state index contributed by atoms with van der Waals surface area (Å²) in [4.78, 5) is 12.8. The quantitative estimate of drug-likeness (QED) is 0.520. The zero-order valence-electron chi connectivity index (χ0n) is 17.1. The highest BCUT2D eigenvalue weighted by Gasteiger charge is 2.51. The maximum atomic E-state index is 12.6. The summed E-state index contributed by atoms with van der Waals surface area (Å²) in [6.45, 7) is 6.83. The minimum atomic E-state index is -4.27. The molecule has 0 spiro atoms. The predicted molar refractivity (Wildman–Crippen MR) is 101 cm³/mol. The Morgan fingerprint density at radius 2 is 1.75 bits per heavy atom. The molecule has 0 saturated carbocycles. The number of likely N-dealkylation sites (N-methyl/N-ethyl adjacent to an activating group) is 1. The summed E-state index contributed by atoms with van der Waals surface area (Å²) in [6.07, 6.45) is -3.36. The molecule has 1 aromatic rings. The van der Waals surface area contributed by atoms with Crippen molar-refractivity contribution in [3.8, 4) is 5.75 Å². The zero-order chi connectivity index (χ0) is 21.3. The smallest absolute Gasteiger partial charge is 0.494 e. The standard InChI is InChI=1S/C19H27BF3NO4/c1-17(2)18(3,4)28-20(27-17)14-9-13(15(11-25)16(10-14)26-6)7-8-24(5)12-19(21,22)23/h9-11H,7-8,12H2,1-6H3. The van der Waals surface area contributed by atoms with Gasteiger partial charge in [0.2, 0.25) is 0 Å². The van der Waals surface area contributed by atoms with E-state index in [9.17, 15) is 18.0 Å². The number of carbonyl (C=O) groups is 1. The number of ether oxygens (including phenoxy) is 1. The first-order valence-electron chi connectivity index (χ1n) is 9.06. The SMILES string of the molecule is COc1cc(B2OC(C)(C)C(C)(C)O2)cc(CCN(C)CC(F)(F)F)c1C=O. The summed E-state index contributed by atoms with van der Waals surface area (Å²) in [6, 6.07) is 3.42. The van der Waals surface area contributed by atoms with Crippen molar-refractivity contribution in [3.05, 3.63) is 23.3 Å². The fourth-order valence-corrected chi connectivity index (χ4v) is 3.03. The largest absolute Gasteiger partial charge is 0.496 e. The van der Waals surface area contributed by atoms with E-state index in [0.29, 0.717) is 28.6 Å². The molecule has 0 radical (unpaired) electrons. The molecule has 9 heteroatoms. The molecule has 1 heterocycles. The number of carbonyl (C=O) groups excluding carboxylic acids is 1. The maximum Gasteiger partial charge on any atom is 0.494 e. The number of rotatable bonds is 7. The maximum absolute atomic E-state index is 12.6. The Bertz CT molecular complexity index is 706. The lowest BCUT2D eigenvalue weighted by Gasteiger charge is -2.32. The lowest BCUT2D eigenvalue weighted by Crippen LogP contribution is -2.41. The first-order valence-corrected chi connectivity index (χ1v) is 9.06. The molecule has 0 unspecified atom stereocenters. The van der Waals surface area contributed by atoms with Crippen LogP contribution < -0.4 is 10.2 Å². The van der Waals surface area contributed by atoms with Crippen LogP contribution in [0.4, 0.5) is 13.2 Å². The van der Waals surface area contributed by atoms with Crippen LogP contribution in [0.2, 0.25) is 0 Å². The van der Waals surface area contributed by atoms with Crippen LogP contribution in [-0.2, 0) is 15.7 Å². The summed E-state index contributed by atoms with van der Waals surface area (Å²) in [5.74, 6) is 0.343. The highest BCUT2D eigenvalue weighted by atomic mass is 19.4. The van der Waals surface area contributed by atoms with Crippen LogP contribution in [0.5, 0.6) is 5.75 Å². The number of nitrogens with zero attached hydrogens (tertiary/aromatic N) is 1. The zero-order valence-corrected chi connectivity index (χ0v) is 17.1. The average molecular weight is 401 g/mol. The summed E-state index contributed by atoms with van der Waals surface area (Å²) < 4.78 is 55.1. The Morgan fingerprint density at radius 1 is 1.18 bits per heavy atom. The van der Waals surface area contributed by atoms with Gasteiger partial charge < -0.3 is 14.0 Å². The molecule has 1 fully saturated rings. The Morgan fingerprint density at radius 3 is 2.21 bits per heavy atom. The molecule has 1 saturated heterocycles. The van der Waals surface area contributed by atoms with Crippen molar-refractivity contribution in [1.29, 1.82) is 0 Å². The van der Waals surface area contributed by atoms with Crippen LogP contribution in [0, 0.1) is 0 Å². The van der Waals surface area contributed by atoms with E-state index in [1.54, 1.807) is 12.1 Å². The van der Waals surface area contributed by atoms with Crippen LogP contribution >= 0.6 is 0 Å². The van der Waals surface area contributed by atoms with E-state index in [1.807, 2.05) is 27.7 Å². The fourth-order valence-electron chi connectivity index (χ4n) is 3.03. The van der Waals surface area contributed by atoms with Crippen molar-refractivity contribution >= 4 is 18.9 Å². The third kappa shape index (κ3) is 5.07. The van der Waals surface area contributed by atoms with Gasteiger partial charge in [-0.05, 0) is 58.3 Å². The van der Waals surface area contributed by atoms with Crippen LogP contribution in [-0.4, -0.2) is 62.9 Å². The van der Waals surface area contributed by atoms with E-state index in [-0.39, 0.29) is 13.0 Å². The monoisotopic (exact) mass is 401 g/mol. The van der Waals surface area contributed by atoms with E-state index in [0.717, 1.165) is 0 Å². The summed E-state index contributed by atoms with van der Waals surface area (Å²) >= 11 is 0. The Labute approximate surface area is 164 Å². The second kappa shape index (κ2) is 8.04. The van der Waals surface area contributed by atoms with Crippen molar-refractivity contribution < 1.29 is 32.0 Å². The lowest BCUT2D eigenvalue weighted by molar-refractivity contribution is -0.142. The Hall–Kier alpha value is -1.58. The van der Waals surface area contributed by atoms with Gasteiger partial charge in [0.1, 0.15) is 5.75 Å². The van der Waals surface area contributed by atoms with Crippen molar-refractivity contribution in [3.63, 3.8) is 0 Å². The topological polar surface area (TPSA) is 48.0 Å².